The molecule has 3 aromatic carbocycles. The molecule has 4 rings (SSSR count). The molecular formula is C28H28O. The highest BCUT2D eigenvalue weighted by molar-refractivity contribution is 6.11. The van der Waals surface area contributed by atoms with Crippen molar-refractivity contribution >= 4 is 11.1 Å². The summed E-state index contributed by atoms with van der Waals surface area (Å²) in [6, 6.07) is 30.3. The molecule has 0 heterocycles. The SMILES string of the molecule is CCOCc1ccccc1C1C(C)=C(c2ccccc2)C(c2ccccc2)=C1C. The summed E-state index contributed by atoms with van der Waals surface area (Å²) in [4.78, 5) is 0. The van der Waals surface area contributed by atoms with Crippen LogP contribution in [0.5, 0.6) is 0 Å². The van der Waals surface area contributed by atoms with Crippen LogP contribution in [-0.4, -0.2) is 6.61 Å². The summed E-state index contributed by atoms with van der Waals surface area (Å²) >= 11 is 0. The molecule has 0 atom stereocenters. The van der Waals surface area contributed by atoms with Gasteiger partial charge in [-0.3, -0.25) is 0 Å². The van der Waals surface area contributed by atoms with Crippen molar-refractivity contribution in [1.29, 1.82) is 0 Å². The summed E-state index contributed by atoms with van der Waals surface area (Å²) in [5.41, 5.74) is 10.8. The van der Waals surface area contributed by atoms with Crippen LogP contribution in [-0.2, 0) is 11.3 Å². The highest BCUT2D eigenvalue weighted by Crippen LogP contribution is 2.51. The Bertz CT molecular complexity index is 980. The maximum Gasteiger partial charge on any atom is 0.0719 e. The normalized spacial score (nSPS) is 14.7. The van der Waals surface area contributed by atoms with E-state index in [0.29, 0.717) is 6.61 Å². The summed E-state index contributed by atoms with van der Waals surface area (Å²) in [5, 5.41) is 0. The van der Waals surface area contributed by atoms with Gasteiger partial charge in [0, 0.05) is 12.5 Å². The fraction of sp³-hybridized carbons (Fsp3) is 0.214. The lowest BCUT2D eigenvalue weighted by atomic mass is 9.85. The summed E-state index contributed by atoms with van der Waals surface area (Å²) in [6.45, 7) is 8.03. The van der Waals surface area contributed by atoms with Crippen LogP contribution in [0.4, 0.5) is 0 Å². The van der Waals surface area contributed by atoms with E-state index < -0.39 is 0 Å². The lowest BCUT2D eigenvalue weighted by Gasteiger charge is -2.20. The van der Waals surface area contributed by atoms with Crippen LogP contribution in [0.1, 0.15) is 48.9 Å². The average molecular weight is 381 g/mol. The molecule has 0 N–H and O–H groups in total. The van der Waals surface area contributed by atoms with Gasteiger partial charge in [0.2, 0.25) is 0 Å². The Morgan fingerprint density at radius 1 is 0.655 bits per heavy atom. The summed E-state index contributed by atoms with van der Waals surface area (Å²) in [5.74, 6) is 0.275. The molecule has 0 saturated carbocycles. The first kappa shape index (κ1) is 19.4. The molecule has 3 aromatic rings. The largest absolute Gasteiger partial charge is 0.377 e. The van der Waals surface area contributed by atoms with Crippen molar-refractivity contribution < 1.29 is 4.74 Å². The number of benzene rings is 3. The van der Waals surface area contributed by atoms with Gasteiger partial charge in [0.1, 0.15) is 0 Å². The molecule has 0 bridgehead atoms. The zero-order chi connectivity index (χ0) is 20.2. The molecule has 1 aliphatic carbocycles. The lowest BCUT2D eigenvalue weighted by Crippen LogP contribution is -2.05. The molecule has 1 nitrogen and oxygen atoms in total. The number of rotatable bonds is 6. The topological polar surface area (TPSA) is 9.23 Å². The predicted octanol–water partition coefficient (Wildman–Crippen LogP) is 7.27. The highest BCUT2D eigenvalue weighted by atomic mass is 16.5. The third kappa shape index (κ3) is 3.71. The van der Waals surface area contributed by atoms with Gasteiger partial charge in [-0.25, -0.2) is 0 Å². The molecule has 0 amide bonds. The molecule has 0 aliphatic heterocycles. The molecule has 0 spiro atoms. The maximum absolute atomic E-state index is 5.78. The Balaban J connectivity index is 1.92. The minimum atomic E-state index is 0.275. The van der Waals surface area contributed by atoms with Gasteiger partial charge in [0.25, 0.3) is 0 Å². The van der Waals surface area contributed by atoms with E-state index in [2.05, 4.69) is 106 Å². The van der Waals surface area contributed by atoms with Crippen molar-refractivity contribution in [3.63, 3.8) is 0 Å². The molecule has 0 aromatic heterocycles. The molecule has 1 aliphatic rings. The van der Waals surface area contributed by atoms with E-state index in [1.165, 1.54) is 44.5 Å². The molecule has 0 fully saturated rings. The van der Waals surface area contributed by atoms with Crippen molar-refractivity contribution in [2.24, 2.45) is 0 Å². The molecule has 29 heavy (non-hydrogen) atoms. The average Bonchev–Trinajstić information content (AvgIpc) is 3.03. The van der Waals surface area contributed by atoms with Gasteiger partial charge >= 0.3 is 0 Å². The van der Waals surface area contributed by atoms with Crippen molar-refractivity contribution in [1.82, 2.24) is 0 Å². The van der Waals surface area contributed by atoms with Gasteiger partial charge in [0.15, 0.2) is 0 Å². The van der Waals surface area contributed by atoms with Crippen molar-refractivity contribution in [3.05, 3.63) is 118 Å². The van der Waals surface area contributed by atoms with Gasteiger partial charge in [0.05, 0.1) is 6.61 Å². The monoisotopic (exact) mass is 380 g/mol. The smallest absolute Gasteiger partial charge is 0.0719 e. The predicted molar refractivity (Wildman–Crippen MR) is 123 cm³/mol. The van der Waals surface area contributed by atoms with Crippen molar-refractivity contribution in [3.8, 4) is 0 Å². The molecule has 0 radical (unpaired) electrons. The number of hydrogen-bond donors (Lipinski definition) is 0. The minimum absolute atomic E-state index is 0.275. The minimum Gasteiger partial charge on any atom is -0.377 e. The van der Waals surface area contributed by atoms with Gasteiger partial charge in [-0.2, -0.15) is 0 Å². The zero-order valence-corrected chi connectivity index (χ0v) is 17.5. The summed E-state index contributed by atoms with van der Waals surface area (Å²) in [7, 11) is 0. The zero-order valence-electron chi connectivity index (χ0n) is 17.5. The van der Waals surface area contributed by atoms with E-state index in [1.54, 1.807) is 0 Å². The van der Waals surface area contributed by atoms with Crippen LogP contribution in [0.15, 0.2) is 96.1 Å². The third-order valence-corrected chi connectivity index (χ3v) is 5.86. The first-order chi connectivity index (χ1) is 14.2. The number of allylic oxidation sites excluding steroid dienone is 4. The summed E-state index contributed by atoms with van der Waals surface area (Å²) < 4.78 is 5.78. The summed E-state index contributed by atoms with van der Waals surface area (Å²) in [6.07, 6.45) is 0. The fourth-order valence-corrected chi connectivity index (χ4v) is 4.59. The van der Waals surface area contributed by atoms with E-state index in [1.807, 2.05) is 0 Å². The van der Waals surface area contributed by atoms with E-state index in [9.17, 15) is 0 Å². The second-order valence-electron chi connectivity index (χ2n) is 7.62. The van der Waals surface area contributed by atoms with Crippen LogP contribution in [0, 0.1) is 0 Å². The Hall–Kier alpha value is -2.90. The van der Waals surface area contributed by atoms with Crippen LogP contribution >= 0.6 is 0 Å². The van der Waals surface area contributed by atoms with E-state index >= 15 is 0 Å². The van der Waals surface area contributed by atoms with Gasteiger partial charge in [-0.05, 0) is 54.2 Å². The highest BCUT2D eigenvalue weighted by Gasteiger charge is 2.32. The maximum atomic E-state index is 5.78. The standard InChI is InChI=1S/C28H28O/c1-4-29-19-24-17-11-12-18-25(24)26-20(2)27(22-13-7-5-8-14-22)28(21(26)3)23-15-9-6-10-16-23/h5-18,26H,4,19H2,1-3H3. The van der Waals surface area contributed by atoms with Gasteiger partial charge in [-0.1, -0.05) is 96.1 Å². The van der Waals surface area contributed by atoms with Gasteiger partial charge in [-0.15, -0.1) is 0 Å². The first-order valence-electron chi connectivity index (χ1n) is 10.4. The van der Waals surface area contributed by atoms with Gasteiger partial charge < -0.3 is 4.74 Å². The Morgan fingerprint density at radius 2 is 1.14 bits per heavy atom. The lowest BCUT2D eigenvalue weighted by molar-refractivity contribution is 0.133. The number of hydrogen-bond acceptors (Lipinski definition) is 1. The Kier molecular flexibility index (Phi) is 5.78. The van der Waals surface area contributed by atoms with Crippen molar-refractivity contribution in [2.45, 2.75) is 33.3 Å². The van der Waals surface area contributed by atoms with E-state index in [4.69, 9.17) is 4.74 Å². The van der Waals surface area contributed by atoms with E-state index in [0.717, 1.165) is 6.61 Å². The van der Waals surface area contributed by atoms with Crippen LogP contribution in [0.3, 0.4) is 0 Å². The fourth-order valence-electron chi connectivity index (χ4n) is 4.59. The van der Waals surface area contributed by atoms with Crippen LogP contribution in [0.25, 0.3) is 11.1 Å². The Morgan fingerprint density at radius 3 is 1.66 bits per heavy atom. The molecule has 1 heteroatoms. The molecular weight excluding hydrogens is 352 g/mol. The molecule has 0 saturated heterocycles. The Labute approximate surface area is 174 Å². The first-order valence-corrected chi connectivity index (χ1v) is 10.4. The third-order valence-electron chi connectivity index (χ3n) is 5.86. The van der Waals surface area contributed by atoms with E-state index in [-0.39, 0.29) is 5.92 Å². The number of ether oxygens (including phenoxy) is 1. The second kappa shape index (κ2) is 8.63. The van der Waals surface area contributed by atoms with Crippen LogP contribution < -0.4 is 0 Å². The quantitative estimate of drug-likeness (QED) is 0.437. The van der Waals surface area contributed by atoms with Crippen molar-refractivity contribution in [2.75, 3.05) is 6.61 Å². The molecule has 0 unspecified atom stereocenters. The second-order valence-corrected chi connectivity index (χ2v) is 7.62. The molecule has 146 valence electrons. The van der Waals surface area contributed by atoms with Crippen LogP contribution in [0.2, 0.25) is 0 Å².